The highest BCUT2D eigenvalue weighted by Gasteiger charge is 2.18. The molecule has 162 valence electrons. The van der Waals surface area contributed by atoms with E-state index in [1.165, 1.54) is 0 Å². The van der Waals surface area contributed by atoms with Crippen LogP contribution in [-0.2, 0) is 6.54 Å². The monoisotopic (exact) mass is 432 g/mol. The molecule has 9 nitrogen and oxygen atoms in total. The summed E-state index contributed by atoms with van der Waals surface area (Å²) in [4.78, 5) is 21.7. The Labute approximate surface area is 184 Å². The van der Waals surface area contributed by atoms with Crippen molar-refractivity contribution in [3.8, 4) is 23.0 Å². The summed E-state index contributed by atoms with van der Waals surface area (Å²) in [5.74, 6) is 2.39. The number of ether oxygens (including phenoxy) is 4. The lowest BCUT2D eigenvalue weighted by Gasteiger charge is -2.19. The van der Waals surface area contributed by atoms with E-state index in [0.717, 1.165) is 5.69 Å². The Kier molecular flexibility index (Phi) is 5.44. The summed E-state index contributed by atoms with van der Waals surface area (Å²) >= 11 is 0. The molecule has 0 spiro atoms. The smallest absolute Gasteiger partial charge is 0.258 e. The van der Waals surface area contributed by atoms with Crippen molar-refractivity contribution >= 4 is 17.6 Å². The van der Waals surface area contributed by atoms with Gasteiger partial charge in [-0.15, -0.1) is 0 Å². The number of nitrogens with zero attached hydrogens (tertiary/aromatic N) is 2. The molecule has 2 aliphatic heterocycles. The van der Waals surface area contributed by atoms with E-state index in [4.69, 9.17) is 18.9 Å². The lowest BCUT2D eigenvalue weighted by molar-refractivity contribution is 0.0976. The summed E-state index contributed by atoms with van der Waals surface area (Å²) in [6.45, 7) is 1.43. The quantitative estimate of drug-likeness (QED) is 0.483. The van der Waals surface area contributed by atoms with E-state index in [1.54, 1.807) is 30.5 Å². The molecular formula is C23H20N4O5. The molecule has 3 aromatic rings. The number of hydrogen-bond acceptors (Lipinski definition) is 7. The number of benzene rings is 2. The lowest BCUT2D eigenvalue weighted by Crippen LogP contribution is -2.36. The highest BCUT2D eigenvalue weighted by molar-refractivity contribution is 6.10. The largest absolute Gasteiger partial charge is 0.486 e. The van der Waals surface area contributed by atoms with Gasteiger partial charge in [0.15, 0.2) is 23.0 Å². The van der Waals surface area contributed by atoms with Gasteiger partial charge in [0.05, 0.1) is 12.2 Å². The number of hydrogen-bond donors (Lipinski definition) is 2. The number of carbonyl (C=O) groups is 1. The molecular weight excluding hydrogens is 412 g/mol. The van der Waals surface area contributed by atoms with Crippen LogP contribution in [0.25, 0.3) is 0 Å². The Morgan fingerprint density at radius 2 is 1.69 bits per heavy atom. The second kappa shape index (κ2) is 8.84. The summed E-state index contributed by atoms with van der Waals surface area (Å²) < 4.78 is 21.9. The first kappa shape index (κ1) is 19.7. The van der Waals surface area contributed by atoms with Crippen molar-refractivity contribution in [2.45, 2.75) is 6.54 Å². The van der Waals surface area contributed by atoms with Crippen molar-refractivity contribution in [2.75, 3.05) is 25.3 Å². The van der Waals surface area contributed by atoms with E-state index in [-0.39, 0.29) is 25.2 Å². The molecule has 0 saturated carbocycles. The first-order chi connectivity index (χ1) is 15.7. The van der Waals surface area contributed by atoms with Gasteiger partial charge in [0, 0.05) is 23.5 Å². The molecule has 5 rings (SSSR count). The van der Waals surface area contributed by atoms with Crippen molar-refractivity contribution in [3.63, 3.8) is 0 Å². The highest BCUT2D eigenvalue weighted by Crippen LogP contribution is 2.33. The van der Waals surface area contributed by atoms with E-state index < -0.39 is 0 Å². The summed E-state index contributed by atoms with van der Waals surface area (Å²) in [6, 6.07) is 16.0. The minimum absolute atomic E-state index is 0.142. The zero-order chi connectivity index (χ0) is 21.8. The third-order valence-corrected chi connectivity index (χ3v) is 4.80. The number of pyridine rings is 1. The van der Waals surface area contributed by atoms with Gasteiger partial charge in [-0.2, -0.15) is 0 Å². The predicted octanol–water partition coefficient (Wildman–Crippen LogP) is 2.98. The van der Waals surface area contributed by atoms with Gasteiger partial charge in [0.25, 0.3) is 5.91 Å². The number of aromatic nitrogens is 1. The number of anilines is 1. The predicted molar refractivity (Wildman–Crippen MR) is 116 cm³/mol. The van der Waals surface area contributed by atoms with Crippen molar-refractivity contribution in [2.24, 2.45) is 4.99 Å². The minimum atomic E-state index is -0.340. The van der Waals surface area contributed by atoms with E-state index >= 15 is 0 Å². The molecule has 0 bridgehead atoms. The van der Waals surface area contributed by atoms with Crippen LogP contribution in [0.1, 0.15) is 16.1 Å². The van der Waals surface area contributed by atoms with Crippen LogP contribution in [0.4, 0.5) is 5.69 Å². The topological polar surface area (TPSA) is 103 Å². The number of guanidine groups is 1. The molecule has 0 saturated heterocycles. The normalized spacial score (nSPS) is 14.1. The second-order valence-corrected chi connectivity index (χ2v) is 6.99. The molecule has 1 amide bonds. The standard InChI is InChI=1S/C23H20N4O5/c28-22(15-4-6-19-20(11-15)32-14-31-19)27-23(25-13-17-3-1-2-8-24-17)26-16-5-7-18-21(12-16)30-10-9-29-18/h1-8,11-12H,9-10,13-14H2,(H2,25,26,27,28). The molecule has 0 unspecified atom stereocenters. The average molecular weight is 432 g/mol. The van der Waals surface area contributed by atoms with Crippen LogP contribution in [-0.4, -0.2) is 36.9 Å². The number of amides is 1. The molecule has 9 heteroatoms. The maximum Gasteiger partial charge on any atom is 0.258 e. The van der Waals surface area contributed by atoms with Crippen LogP contribution >= 0.6 is 0 Å². The molecule has 0 atom stereocenters. The lowest BCUT2D eigenvalue weighted by atomic mass is 10.2. The highest BCUT2D eigenvalue weighted by atomic mass is 16.7. The molecule has 1 aromatic heterocycles. The molecule has 2 N–H and O–H groups in total. The van der Waals surface area contributed by atoms with Crippen molar-refractivity contribution in [3.05, 3.63) is 72.1 Å². The molecule has 2 aromatic carbocycles. The van der Waals surface area contributed by atoms with Gasteiger partial charge in [0.1, 0.15) is 13.2 Å². The van der Waals surface area contributed by atoms with Crippen LogP contribution in [0.15, 0.2) is 65.8 Å². The van der Waals surface area contributed by atoms with Gasteiger partial charge in [0.2, 0.25) is 12.8 Å². The molecule has 32 heavy (non-hydrogen) atoms. The van der Waals surface area contributed by atoms with Gasteiger partial charge < -0.3 is 24.3 Å². The van der Waals surface area contributed by atoms with E-state index in [9.17, 15) is 4.79 Å². The SMILES string of the molecule is O=C(NC(=NCc1ccccn1)Nc1ccc2c(c1)OCCO2)c1ccc2c(c1)OCO2. The van der Waals surface area contributed by atoms with Gasteiger partial charge in [-0.25, -0.2) is 4.99 Å². The third-order valence-electron chi connectivity index (χ3n) is 4.80. The van der Waals surface area contributed by atoms with Gasteiger partial charge in [-0.3, -0.25) is 15.1 Å². The van der Waals surface area contributed by atoms with Gasteiger partial charge in [-0.1, -0.05) is 6.07 Å². The maximum absolute atomic E-state index is 12.9. The Hall–Kier alpha value is -4.27. The van der Waals surface area contributed by atoms with Gasteiger partial charge >= 0.3 is 0 Å². The van der Waals surface area contributed by atoms with E-state index in [0.29, 0.717) is 47.5 Å². The average Bonchev–Trinajstić information content (AvgIpc) is 3.31. The summed E-state index contributed by atoms with van der Waals surface area (Å²) in [5.41, 5.74) is 1.88. The Morgan fingerprint density at radius 1 is 0.906 bits per heavy atom. The van der Waals surface area contributed by atoms with Crippen LogP contribution in [0.5, 0.6) is 23.0 Å². The van der Waals surface area contributed by atoms with Crippen LogP contribution in [0, 0.1) is 0 Å². The summed E-state index contributed by atoms with van der Waals surface area (Å²) in [5, 5.41) is 5.98. The van der Waals surface area contributed by atoms with Crippen molar-refractivity contribution < 1.29 is 23.7 Å². The first-order valence-corrected chi connectivity index (χ1v) is 10.1. The summed E-state index contributed by atoms with van der Waals surface area (Å²) in [7, 11) is 0. The van der Waals surface area contributed by atoms with Crippen LogP contribution < -0.4 is 29.6 Å². The number of aliphatic imine (C=N–C) groups is 1. The molecule has 0 aliphatic carbocycles. The number of rotatable bonds is 4. The molecule has 0 fully saturated rings. The van der Waals surface area contributed by atoms with Crippen molar-refractivity contribution in [1.29, 1.82) is 0 Å². The fourth-order valence-corrected chi connectivity index (χ4v) is 3.24. The Balaban J connectivity index is 1.37. The van der Waals surface area contributed by atoms with Crippen LogP contribution in [0.2, 0.25) is 0 Å². The zero-order valence-corrected chi connectivity index (χ0v) is 17.0. The molecule has 0 radical (unpaired) electrons. The minimum Gasteiger partial charge on any atom is -0.486 e. The zero-order valence-electron chi connectivity index (χ0n) is 17.0. The first-order valence-electron chi connectivity index (χ1n) is 10.1. The number of carbonyl (C=O) groups excluding carboxylic acids is 1. The third kappa shape index (κ3) is 4.41. The maximum atomic E-state index is 12.9. The molecule has 2 aliphatic rings. The fourth-order valence-electron chi connectivity index (χ4n) is 3.24. The Bertz CT molecular complexity index is 1170. The van der Waals surface area contributed by atoms with Crippen LogP contribution in [0.3, 0.4) is 0 Å². The number of nitrogens with one attached hydrogen (secondary N) is 2. The fraction of sp³-hybridized carbons (Fsp3) is 0.174. The van der Waals surface area contributed by atoms with Crippen molar-refractivity contribution in [1.82, 2.24) is 10.3 Å². The van der Waals surface area contributed by atoms with E-state index in [2.05, 4.69) is 20.6 Å². The summed E-state index contributed by atoms with van der Waals surface area (Å²) in [6.07, 6.45) is 1.70. The Morgan fingerprint density at radius 3 is 2.56 bits per heavy atom. The molecule has 3 heterocycles. The van der Waals surface area contributed by atoms with Gasteiger partial charge in [-0.05, 0) is 42.5 Å². The number of fused-ring (bicyclic) bond motifs is 2. The van der Waals surface area contributed by atoms with E-state index in [1.807, 2.05) is 30.3 Å². The second-order valence-electron chi connectivity index (χ2n) is 6.99.